The van der Waals surface area contributed by atoms with Crippen LogP contribution in [0, 0.1) is 5.92 Å². The molecule has 4 rings (SSSR count). The van der Waals surface area contributed by atoms with Crippen molar-refractivity contribution in [2.75, 3.05) is 30.5 Å². The van der Waals surface area contributed by atoms with Gasteiger partial charge in [0.15, 0.2) is 16.6 Å². The highest BCUT2D eigenvalue weighted by molar-refractivity contribution is 7.80. The lowest BCUT2D eigenvalue weighted by atomic mass is 9.96. The van der Waals surface area contributed by atoms with Crippen molar-refractivity contribution in [2.45, 2.75) is 26.2 Å². The number of rotatable bonds is 4. The van der Waals surface area contributed by atoms with Gasteiger partial charge in [-0.2, -0.15) is 0 Å². The molecule has 29 heavy (non-hydrogen) atoms. The number of benzene rings is 2. The second-order valence-corrected chi connectivity index (χ2v) is 7.69. The van der Waals surface area contributed by atoms with Crippen molar-refractivity contribution in [3.05, 3.63) is 48.0 Å². The number of carbonyl (C=O) groups excluding carboxylic acids is 1. The van der Waals surface area contributed by atoms with E-state index < -0.39 is 0 Å². The maximum Gasteiger partial charge on any atom is 0.231 e. The molecule has 0 unspecified atom stereocenters. The van der Waals surface area contributed by atoms with Crippen molar-refractivity contribution in [3.8, 4) is 11.5 Å². The van der Waals surface area contributed by atoms with Crippen molar-refractivity contribution in [1.82, 2.24) is 4.90 Å². The molecule has 0 aromatic heterocycles. The normalized spacial score (nSPS) is 15.8. The largest absolute Gasteiger partial charge is 0.454 e. The monoisotopic (exact) mass is 411 g/mol. The molecule has 152 valence electrons. The zero-order valence-electron chi connectivity index (χ0n) is 16.4. The molecule has 6 nitrogen and oxygen atoms in total. The minimum atomic E-state index is -0.0247. The minimum Gasteiger partial charge on any atom is -0.454 e. The summed E-state index contributed by atoms with van der Waals surface area (Å²) < 4.78 is 10.7. The number of amides is 1. The Kier molecular flexibility index (Phi) is 5.85. The number of anilines is 2. The van der Waals surface area contributed by atoms with E-state index in [0.29, 0.717) is 16.6 Å². The Bertz CT molecular complexity index is 893. The van der Waals surface area contributed by atoms with Crippen molar-refractivity contribution < 1.29 is 14.3 Å². The summed E-state index contributed by atoms with van der Waals surface area (Å²) in [7, 11) is 0. The lowest BCUT2D eigenvalue weighted by Crippen LogP contribution is -2.43. The van der Waals surface area contributed by atoms with E-state index in [9.17, 15) is 4.79 Å². The molecule has 2 heterocycles. The fourth-order valence-electron chi connectivity index (χ4n) is 3.59. The maximum atomic E-state index is 12.6. The van der Waals surface area contributed by atoms with Crippen molar-refractivity contribution >= 4 is 34.6 Å². The number of aryl methyl sites for hydroxylation is 1. The zero-order chi connectivity index (χ0) is 20.2. The molecule has 0 radical (unpaired) electrons. The number of likely N-dealkylation sites (tertiary alicyclic amines) is 1. The zero-order valence-corrected chi connectivity index (χ0v) is 17.3. The number of nitrogens with zero attached hydrogens (tertiary/aromatic N) is 1. The van der Waals surface area contributed by atoms with Crippen LogP contribution in [0.5, 0.6) is 11.5 Å². The summed E-state index contributed by atoms with van der Waals surface area (Å²) in [6.07, 6.45) is 2.56. The van der Waals surface area contributed by atoms with Gasteiger partial charge < -0.3 is 25.0 Å². The average molecular weight is 412 g/mol. The molecule has 0 bridgehead atoms. The van der Waals surface area contributed by atoms with Gasteiger partial charge in [-0.3, -0.25) is 4.79 Å². The van der Waals surface area contributed by atoms with Crippen LogP contribution in [0.25, 0.3) is 0 Å². The Morgan fingerprint density at radius 2 is 1.72 bits per heavy atom. The molecule has 0 aliphatic carbocycles. The average Bonchev–Trinajstić information content (AvgIpc) is 3.22. The molecule has 1 fully saturated rings. The van der Waals surface area contributed by atoms with E-state index >= 15 is 0 Å². The second-order valence-electron chi connectivity index (χ2n) is 7.30. The number of ether oxygens (including phenoxy) is 2. The lowest BCUT2D eigenvalue weighted by Gasteiger charge is -2.33. The summed E-state index contributed by atoms with van der Waals surface area (Å²) in [5.41, 5.74) is 3.03. The Morgan fingerprint density at radius 3 is 2.45 bits per heavy atom. The second kappa shape index (κ2) is 8.69. The first-order chi connectivity index (χ1) is 14.1. The minimum absolute atomic E-state index is 0.0247. The summed E-state index contributed by atoms with van der Waals surface area (Å²) in [5, 5.41) is 7.01. The van der Waals surface area contributed by atoms with Gasteiger partial charge in [0.25, 0.3) is 0 Å². The van der Waals surface area contributed by atoms with Gasteiger partial charge in [-0.1, -0.05) is 19.1 Å². The lowest BCUT2D eigenvalue weighted by molar-refractivity contribution is -0.120. The third kappa shape index (κ3) is 4.62. The van der Waals surface area contributed by atoms with Gasteiger partial charge in [-0.25, -0.2) is 0 Å². The highest BCUT2D eigenvalue weighted by Gasteiger charge is 2.26. The number of fused-ring (bicyclic) bond motifs is 1. The quantitative estimate of drug-likeness (QED) is 0.741. The molecule has 2 aromatic rings. The Morgan fingerprint density at radius 1 is 1.03 bits per heavy atom. The molecule has 2 aliphatic rings. The number of piperidine rings is 1. The van der Waals surface area contributed by atoms with Gasteiger partial charge in [-0.15, -0.1) is 0 Å². The Hall–Kier alpha value is -2.80. The maximum absolute atomic E-state index is 12.6. The van der Waals surface area contributed by atoms with Gasteiger partial charge in [0, 0.05) is 36.4 Å². The molecule has 2 aliphatic heterocycles. The van der Waals surface area contributed by atoms with E-state index in [1.54, 1.807) is 6.07 Å². The van der Waals surface area contributed by atoms with E-state index in [4.69, 9.17) is 21.7 Å². The Labute approximate surface area is 176 Å². The van der Waals surface area contributed by atoms with Gasteiger partial charge >= 0.3 is 0 Å². The third-order valence-electron chi connectivity index (χ3n) is 5.41. The van der Waals surface area contributed by atoms with Crippen LogP contribution in [0.3, 0.4) is 0 Å². The number of thiocarbonyl (C=S) groups is 1. The molecular weight excluding hydrogens is 386 g/mol. The van der Waals surface area contributed by atoms with Gasteiger partial charge in [0.05, 0.1) is 0 Å². The third-order valence-corrected chi connectivity index (χ3v) is 5.77. The molecule has 0 saturated carbocycles. The van der Waals surface area contributed by atoms with Gasteiger partial charge in [0.2, 0.25) is 12.7 Å². The van der Waals surface area contributed by atoms with Crippen LogP contribution < -0.4 is 20.1 Å². The molecule has 7 heteroatoms. The molecule has 2 aromatic carbocycles. The van der Waals surface area contributed by atoms with E-state index in [2.05, 4.69) is 46.7 Å². The molecule has 1 amide bonds. The highest BCUT2D eigenvalue weighted by Crippen LogP contribution is 2.34. The van der Waals surface area contributed by atoms with E-state index in [0.717, 1.165) is 43.7 Å². The standard InChI is InChI=1S/C22H25N3O3S/c1-2-15-3-5-17(6-4-15)24-22(29)25-11-9-16(10-12-25)21(26)23-18-7-8-19-20(13-18)28-14-27-19/h3-8,13,16H,2,9-12,14H2,1H3,(H,23,26)(H,24,29). The molecule has 0 spiro atoms. The SMILES string of the molecule is CCc1ccc(NC(=S)N2CCC(C(=O)Nc3ccc4c(c3)OCO4)CC2)cc1. The molecule has 0 atom stereocenters. The van der Waals surface area contributed by atoms with Gasteiger partial charge in [0.1, 0.15) is 0 Å². The van der Waals surface area contributed by atoms with Crippen LogP contribution in [0.2, 0.25) is 0 Å². The topological polar surface area (TPSA) is 62.8 Å². The van der Waals surface area contributed by atoms with Crippen LogP contribution in [0.1, 0.15) is 25.3 Å². The van der Waals surface area contributed by atoms with Crippen LogP contribution in [-0.4, -0.2) is 35.8 Å². The van der Waals surface area contributed by atoms with Crippen molar-refractivity contribution in [2.24, 2.45) is 5.92 Å². The van der Waals surface area contributed by atoms with Crippen LogP contribution in [-0.2, 0) is 11.2 Å². The van der Waals surface area contributed by atoms with Crippen LogP contribution in [0.15, 0.2) is 42.5 Å². The number of carbonyl (C=O) groups is 1. The van der Waals surface area contributed by atoms with E-state index in [1.165, 1.54) is 5.56 Å². The van der Waals surface area contributed by atoms with Crippen molar-refractivity contribution in [1.29, 1.82) is 0 Å². The van der Waals surface area contributed by atoms with Crippen molar-refractivity contribution in [3.63, 3.8) is 0 Å². The predicted octanol–water partition coefficient (Wildman–Crippen LogP) is 4.03. The molecular formula is C22H25N3O3S. The summed E-state index contributed by atoms with van der Waals surface area (Å²) in [4.78, 5) is 14.8. The summed E-state index contributed by atoms with van der Waals surface area (Å²) >= 11 is 5.56. The summed E-state index contributed by atoms with van der Waals surface area (Å²) in [6, 6.07) is 13.8. The fraction of sp³-hybridized carbons (Fsp3) is 0.364. The first kappa shape index (κ1) is 19.5. The van der Waals surface area contributed by atoms with E-state index in [-0.39, 0.29) is 18.6 Å². The smallest absolute Gasteiger partial charge is 0.231 e. The molecule has 2 N–H and O–H groups in total. The number of hydrogen-bond donors (Lipinski definition) is 2. The number of hydrogen-bond acceptors (Lipinski definition) is 4. The van der Waals surface area contributed by atoms with Crippen LogP contribution >= 0.6 is 12.2 Å². The number of nitrogens with one attached hydrogen (secondary N) is 2. The van der Waals surface area contributed by atoms with Crippen LogP contribution in [0.4, 0.5) is 11.4 Å². The summed E-state index contributed by atoms with van der Waals surface area (Å²) in [6.45, 7) is 3.89. The highest BCUT2D eigenvalue weighted by atomic mass is 32.1. The first-order valence-electron chi connectivity index (χ1n) is 9.98. The first-order valence-corrected chi connectivity index (χ1v) is 10.4. The predicted molar refractivity (Wildman–Crippen MR) is 118 cm³/mol. The van der Waals surface area contributed by atoms with Gasteiger partial charge in [-0.05, 0) is 61.3 Å². The fourth-order valence-corrected chi connectivity index (χ4v) is 3.89. The van der Waals surface area contributed by atoms with E-state index in [1.807, 2.05) is 12.1 Å². The molecule has 1 saturated heterocycles. The Balaban J connectivity index is 1.27. The summed E-state index contributed by atoms with van der Waals surface area (Å²) in [5.74, 6) is 1.39.